The average Bonchev–Trinajstić information content (AvgIpc) is 2.98. The van der Waals surface area contributed by atoms with Crippen molar-refractivity contribution in [1.29, 1.82) is 0 Å². The molecule has 0 amide bonds. The molecule has 2 rings (SSSR count). The highest BCUT2D eigenvalue weighted by Crippen LogP contribution is 2.40. The van der Waals surface area contributed by atoms with E-state index in [9.17, 15) is 4.79 Å². The summed E-state index contributed by atoms with van der Waals surface area (Å²) in [5, 5.41) is 4.49. The molecule has 1 atom stereocenters. The number of rotatable bonds is 5. The fourth-order valence-electron chi connectivity index (χ4n) is 3.47. The Labute approximate surface area is 133 Å². The molecular formula is C17H29N3O2. The van der Waals surface area contributed by atoms with E-state index in [0.29, 0.717) is 6.61 Å². The highest BCUT2D eigenvalue weighted by Gasteiger charge is 2.48. The van der Waals surface area contributed by atoms with E-state index in [1.165, 1.54) is 11.3 Å². The summed E-state index contributed by atoms with van der Waals surface area (Å²) in [5.41, 5.74) is 3.21. The van der Waals surface area contributed by atoms with E-state index in [-0.39, 0.29) is 17.3 Å². The number of likely N-dealkylation sites (tertiary alicyclic amines) is 1. The molecule has 0 radical (unpaired) electrons. The molecule has 1 aromatic rings. The SMILES string of the molecule is CCOC(=O)[C@@]1(C(C)C)CCN(Cc2c(C)nn(C)c2C)C1. The highest BCUT2D eigenvalue weighted by molar-refractivity contribution is 5.78. The lowest BCUT2D eigenvalue weighted by Gasteiger charge is -2.31. The molecule has 1 aromatic heterocycles. The molecule has 0 bridgehead atoms. The summed E-state index contributed by atoms with van der Waals surface area (Å²) >= 11 is 0. The molecule has 5 nitrogen and oxygen atoms in total. The topological polar surface area (TPSA) is 47.4 Å². The molecular weight excluding hydrogens is 278 g/mol. The van der Waals surface area contributed by atoms with E-state index in [0.717, 1.165) is 31.7 Å². The van der Waals surface area contributed by atoms with Crippen molar-refractivity contribution in [1.82, 2.24) is 14.7 Å². The van der Waals surface area contributed by atoms with Gasteiger partial charge in [-0.2, -0.15) is 5.10 Å². The Kier molecular flexibility index (Phi) is 4.95. The zero-order valence-electron chi connectivity index (χ0n) is 14.8. The van der Waals surface area contributed by atoms with Crippen LogP contribution >= 0.6 is 0 Å². The molecule has 22 heavy (non-hydrogen) atoms. The number of nitrogens with zero attached hydrogens (tertiary/aromatic N) is 3. The predicted octanol–water partition coefficient (Wildman–Crippen LogP) is 2.45. The Morgan fingerprint density at radius 1 is 1.41 bits per heavy atom. The molecule has 1 saturated heterocycles. The van der Waals surface area contributed by atoms with Gasteiger partial charge in [0, 0.05) is 31.4 Å². The molecule has 0 unspecified atom stereocenters. The van der Waals surface area contributed by atoms with Gasteiger partial charge in [0.1, 0.15) is 0 Å². The second-order valence-corrected chi connectivity index (χ2v) is 6.76. The molecule has 5 heteroatoms. The number of carbonyl (C=O) groups excluding carboxylic acids is 1. The van der Waals surface area contributed by atoms with Crippen LogP contribution in [0.2, 0.25) is 0 Å². The lowest BCUT2D eigenvalue weighted by molar-refractivity contribution is -0.157. The fourth-order valence-corrected chi connectivity index (χ4v) is 3.47. The Hall–Kier alpha value is -1.36. The lowest BCUT2D eigenvalue weighted by Crippen LogP contribution is -2.40. The quantitative estimate of drug-likeness (QED) is 0.784. The van der Waals surface area contributed by atoms with Crippen molar-refractivity contribution in [2.45, 2.75) is 47.6 Å². The summed E-state index contributed by atoms with van der Waals surface area (Å²) in [5.74, 6) is 0.250. The first-order valence-electron chi connectivity index (χ1n) is 8.20. The smallest absolute Gasteiger partial charge is 0.313 e. The first-order chi connectivity index (χ1) is 10.3. The maximum absolute atomic E-state index is 12.5. The van der Waals surface area contributed by atoms with E-state index in [1.807, 2.05) is 18.7 Å². The first kappa shape index (κ1) is 17.0. The summed E-state index contributed by atoms with van der Waals surface area (Å²) in [7, 11) is 1.98. The van der Waals surface area contributed by atoms with Crippen molar-refractivity contribution >= 4 is 5.97 Å². The van der Waals surface area contributed by atoms with E-state index in [2.05, 4.69) is 37.7 Å². The zero-order chi connectivity index (χ0) is 16.5. The van der Waals surface area contributed by atoms with Crippen LogP contribution in [0.25, 0.3) is 0 Å². The number of esters is 1. The number of aryl methyl sites for hydroxylation is 2. The van der Waals surface area contributed by atoms with Gasteiger partial charge >= 0.3 is 5.97 Å². The van der Waals surface area contributed by atoms with Gasteiger partial charge in [0.2, 0.25) is 0 Å². The van der Waals surface area contributed by atoms with Crippen molar-refractivity contribution in [2.75, 3.05) is 19.7 Å². The van der Waals surface area contributed by atoms with Gasteiger partial charge in [0.15, 0.2) is 0 Å². The normalized spacial score (nSPS) is 22.5. The largest absolute Gasteiger partial charge is 0.466 e. The minimum absolute atomic E-state index is 0.0351. The van der Waals surface area contributed by atoms with Gasteiger partial charge < -0.3 is 4.74 Å². The number of ether oxygens (including phenoxy) is 1. The van der Waals surface area contributed by atoms with Gasteiger partial charge in [0.25, 0.3) is 0 Å². The second kappa shape index (κ2) is 6.41. The van der Waals surface area contributed by atoms with E-state index in [1.54, 1.807) is 0 Å². The average molecular weight is 307 g/mol. The molecule has 0 N–H and O–H groups in total. The van der Waals surface area contributed by atoms with Gasteiger partial charge in [-0.25, -0.2) is 0 Å². The van der Waals surface area contributed by atoms with Crippen LogP contribution in [0.1, 0.15) is 44.1 Å². The standard InChI is InChI=1S/C17H29N3O2/c1-7-22-16(21)17(12(2)3)8-9-20(11-17)10-15-13(4)18-19(6)14(15)5/h12H,7-11H2,1-6H3/t17-/m0/s1. The number of aromatic nitrogens is 2. The van der Waals surface area contributed by atoms with Crippen molar-refractivity contribution in [3.05, 3.63) is 17.0 Å². The van der Waals surface area contributed by atoms with Gasteiger partial charge in [-0.15, -0.1) is 0 Å². The third-order valence-electron chi connectivity index (χ3n) is 5.21. The Balaban J connectivity index is 2.15. The van der Waals surface area contributed by atoms with Gasteiger partial charge in [0.05, 0.1) is 17.7 Å². The number of hydrogen-bond acceptors (Lipinski definition) is 4. The van der Waals surface area contributed by atoms with Crippen LogP contribution in [0.15, 0.2) is 0 Å². The molecule has 0 spiro atoms. The summed E-state index contributed by atoms with van der Waals surface area (Å²) in [6, 6.07) is 0. The Morgan fingerprint density at radius 3 is 2.59 bits per heavy atom. The van der Waals surface area contributed by atoms with Crippen molar-refractivity contribution in [3.63, 3.8) is 0 Å². The summed E-state index contributed by atoms with van der Waals surface area (Å²) < 4.78 is 7.29. The molecule has 0 saturated carbocycles. The van der Waals surface area contributed by atoms with Crippen molar-refractivity contribution in [2.24, 2.45) is 18.4 Å². The molecule has 1 aliphatic heterocycles. The Bertz CT molecular complexity index is 550. The van der Waals surface area contributed by atoms with Crippen LogP contribution in [0, 0.1) is 25.2 Å². The molecule has 0 aliphatic carbocycles. The summed E-state index contributed by atoms with van der Waals surface area (Å²) in [6.07, 6.45) is 0.877. The minimum Gasteiger partial charge on any atom is -0.466 e. The van der Waals surface area contributed by atoms with Crippen LogP contribution in [-0.4, -0.2) is 40.3 Å². The van der Waals surface area contributed by atoms with E-state index in [4.69, 9.17) is 4.74 Å². The lowest BCUT2D eigenvalue weighted by atomic mass is 9.76. The molecule has 2 heterocycles. The predicted molar refractivity (Wildman–Crippen MR) is 86.5 cm³/mol. The van der Waals surface area contributed by atoms with Crippen molar-refractivity contribution in [3.8, 4) is 0 Å². The van der Waals surface area contributed by atoms with Crippen LogP contribution < -0.4 is 0 Å². The number of hydrogen-bond donors (Lipinski definition) is 0. The Morgan fingerprint density at radius 2 is 2.09 bits per heavy atom. The first-order valence-corrected chi connectivity index (χ1v) is 8.20. The van der Waals surface area contributed by atoms with Crippen molar-refractivity contribution < 1.29 is 9.53 Å². The summed E-state index contributed by atoms with van der Waals surface area (Å²) in [4.78, 5) is 14.8. The third-order valence-corrected chi connectivity index (χ3v) is 5.21. The minimum atomic E-state index is -0.361. The molecule has 124 valence electrons. The van der Waals surface area contributed by atoms with Crippen LogP contribution in [0.4, 0.5) is 0 Å². The maximum Gasteiger partial charge on any atom is 0.313 e. The van der Waals surface area contributed by atoms with Gasteiger partial charge in [-0.3, -0.25) is 14.4 Å². The van der Waals surface area contributed by atoms with Gasteiger partial charge in [-0.05, 0) is 39.7 Å². The molecule has 0 aromatic carbocycles. The summed E-state index contributed by atoms with van der Waals surface area (Å²) in [6.45, 7) is 13.3. The fraction of sp³-hybridized carbons (Fsp3) is 0.765. The van der Waals surface area contributed by atoms with Crippen LogP contribution in [-0.2, 0) is 23.1 Å². The molecule has 1 fully saturated rings. The highest BCUT2D eigenvalue weighted by atomic mass is 16.5. The maximum atomic E-state index is 12.5. The van der Waals surface area contributed by atoms with E-state index >= 15 is 0 Å². The number of carbonyl (C=O) groups is 1. The monoisotopic (exact) mass is 307 g/mol. The van der Waals surface area contributed by atoms with Gasteiger partial charge in [-0.1, -0.05) is 13.8 Å². The zero-order valence-corrected chi connectivity index (χ0v) is 14.8. The second-order valence-electron chi connectivity index (χ2n) is 6.76. The molecule has 1 aliphatic rings. The third kappa shape index (κ3) is 2.91. The van der Waals surface area contributed by atoms with Crippen LogP contribution in [0.3, 0.4) is 0 Å². The van der Waals surface area contributed by atoms with Crippen LogP contribution in [0.5, 0.6) is 0 Å². The van der Waals surface area contributed by atoms with E-state index < -0.39 is 0 Å².